The van der Waals surface area contributed by atoms with Crippen molar-refractivity contribution in [1.29, 1.82) is 0 Å². The number of nitrogens with one attached hydrogen (secondary N) is 1. The van der Waals surface area contributed by atoms with E-state index in [-0.39, 0.29) is 17.9 Å². The van der Waals surface area contributed by atoms with Crippen molar-refractivity contribution in [2.24, 2.45) is 0 Å². The van der Waals surface area contributed by atoms with Gasteiger partial charge in [-0.1, -0.05) is 0 Å². The van der Waals surface area contributed by atoms with Crippen LogP contribution in [-0.4, -0.2) is 43.4 Å². The Balaban J connectivity index is 1.90. The van der Waals surface area contributed by atoms with Gasteiger partial charge in [-0.25, -0.2) is 9.97 Å². The Bertz CT molecular complexity index is 780. The lowest BCUT2D eigenvalue weighted by Gasteiger charge is -2.26. The van der Waals surface area contributed by atoms with Gasteiger partial charge in [-0.05, 0) is 25.8 Å². The molecule has 130 valence electrons. The summed E-state index contributed by atoms with van der Waals surface area (Å²) in [5.41, 5.74) is 2.14. The number of likely N-dealkylation sites (tertiary alicyclic amines) is 1. The lowest BCUT2D eigenvalue weighted by molar-refractivity contribution is -0.119. The van der Waals surface area contributed by atoms with Gasteiger partial charge in [-0.15, -0.1) is 0 Å². The molecule has 1 N–H and O–H groups in total. The van der Waals surface area contributed by atoms with E-state index in [1.54, 1.807) is 12.3 Å². The first-order chi connectivity index (χ1) is 12.1. The molecule has 8 nitrogen and oxygen atoms in total. The predicted octanol–water partition coefficient (Wildman–Crippen LogP) is 1.19. The van der Waals surface area contributed by atoms with Crippen molar-refractivity contribution in [3.8, 4) is 0 Å². The molecule has 0 bridgehead atoms. The largest absolute Gasteiger partial charge is 0.352 e. The molecule has 2 aromatic rings. The highest BCUT2D eigenvalue weighted by molar-refractivity contribution is 5.94. The normalized spacial score (nSPS) is 16.7. The van der Waals surface area contributed by atoms with E-state index in [2.05, 4.69) is 25.5 Å². The smallest absolute Gasteiger partial charge is 0.256 e. The summed E-state index contributed by atoms with van der Waals surface area (Å²) in [5, 5.41) is 10.3. The average Bonchev–Trinajstić information content (AvgIpc) is 3.10. The molecule has 0 saturated carbocycles. The molecule has 1 unspecified atom stereocenters. The fraction of sp³-hybridized carbons (Fsp3) is 0.412. The third kappa shape index (κ3) is 3.78. The Morgan fingerprint density at radius 2 is 2.16 bits per heavy atom. The van der Waals surface area contributed by atoms with Gasteiger partial charge >= 0.3 is 0 Å². The number of carbonyl (C=O) groups is 2. The van der Waals surface area contributed by atoms with Crippen molar-refractivity contribution in [3.05, 3.63) is 47.3 Å². The van der Waals surface area contributed by atoms with E-state index in [1.165, 1.54) is 19.3 Å². The predicted molar refractivity (Wildman–Crippen MR) is 89.3 cm³/mol. The zero-order chi connectivity index (χ0) is 17.8. The highest BCUT2D eigenvalue weighted by atomic mass is 16.2. The van der Waals surface area contributed by atoms with Crippen LogP contribution in [0.2, 0.25) is 0 Å². The van der Waals surface area contributed by atoms with Crippen molar-refractivity contribution in [2.75, 3.05) is 6.54 Å². The van der Waals surface area contributed by atoms with Crippen molar-refractivity contribution in [1.82, 2.24) is 30.4 Å². The highest BCUT2D eigenvalue weighted by Gasteiger charge is 2.33. The number of hydrogen-bond acceptors (Lipinski definition) is 6. The number of rotatable bonds is 4. The second-order valence-electron chi connectivity index (χ2n) is 6.03. The molecule has 0 spiro atoms. The molecule has 25 heavy (non-hydrogen) atoms. The molecular formula is C17H20N6O2. The molecule has 2 amide bonds. The first kappa shape index (κ1) is 16.9. The minimum absolute atomic E-state index is 0.0841. The van der Waals surface area contributed by atoms with Crippen LogP contribution in [0.25, 0.3) is 0 Å². The van der Waals surface area contributed by atoms with Crippen molar-refractivity contribution in [2.45, 2.75) is 39.3 Å². The van der Waals surface area contributed by atoms with Gasteiger partial charge in [0.15, 0.2) is 0 Å². The Morgan fingerprint density at radius 1 is 1.32 bits per heavy atom. The molecule has 1 aliphatic rings. The second-order valence-corrected chi connectivity index (χ2v) is 6.03. The van der Waals surface area contributed by atoms with Crippen LogP contribution in [-0.2, 0) is 11.3 Å². The van der Waals surface area contributed by atoms with E-state index in [0.29, 0.717) is 24.5 Å². The number of aromatic nitrogens is 4. The van der Waals surface area contributed by atoms with Gasteiger partial charge in [-0.3, -0.25) is 9.59 Å². The second kappa shape index (κ2) is 7.33. The molecular weight excluding hydrogens is 320 g/mol. The minimum Gasteiger partial charge on any atom is -0.352 e. The molecule has 1 saturated heterocycles. The highest BCUT2D eigenvalue weighted by Crippen LogP contribution is 2.33. The van der Waals surface area contributed by atoms with Crippen LogP contribution < -0.4 is 5.32 Å². The maximum atomic E-state index is 12.8. The van der Waals surface area contributed by atoms with E-state index in [1.807, 2.05) is 11.8 Å². The topological polar surface area (TPSA) is 101 Å². The van der Waals surface area contributed by atoms with E-state index >= 15 is 0 Å². The summed E-state index contributed by atoms with van der Waals surface area (Å²) in [6.07, 6.45) is 6.43. The summed E-state index contributed by atoms with van der Waals surface area (Å²) in [6, 6.07) is 1.53. The molecule has 3 rings (SSSR count). The Hall–Kier alpha value is -2.90. The van der Waals surface area contributed by atoms with Gasteiger partial charge in [0.25, 0.3) is 5.91 Å². The van der Waals surface area contributed by atoms with Crippen molar-refractivity contribution >= 4 is 11.8 Å². The third-order valence-electron chi connectivity index (χ3n) is 4.21. The molecule has 1 atom stereocenters. The van der Waals surface area contributed by atoms with Crippen LogP contribution in [0.3, 0.4) is 0 Å². The van der Waals surface area contributed by atoms with Crippen molar-refractivity contribution in [3.63, 3.8) is 0 Å². The quantitative estimate of drug-likeness (QED) is 0.897. The number of hydrogen-bond donors (Lipinski definition) is 1. The van der Waals surface area contributed by atoms with Crippen LogP contribution in [0.4, 0.5) is 0 Å². The average molecular weight is 340 g/mol. The Kier molecular flexibility index (Phi) is 4.97. The first-order valence-corrected chi connectivity index (χ1v) is 8.21. The van der Waals surface area contributed by atoms with Gasteiger partial charge in [0.1, 0.15) is 5.82 Å². The number of nitrogens with zero attached hydrogens (tertiary/aromatic N) is 5. The van der Waals surface area contributed by atoms with Crippen LogP contribution in [0.1, 0.15) is 53.2 Å². The van der Waals surface area contributed by atoms with E-state index < -0.39 is 0 Å². The lowest BCUT2D eigenvalue weighted by Crippen LogP contribution is -2.32. The summed E-state index contributed by atoms with van der Waals surface area (Å²) in [6.45, 7) is 4.30. The van der Waals surface area contributed by atoms with E-state index in [4.69, 9.17) is 0 Å². The fourth-order valence-corrected chi connectivity index (χ4v) is 3.03. The van der Waals surface area contributed by atoms with Gasteiger partial charge < -0.3 is 10.2 Å². The van der Waals surface area contributed by atoms with Crippen LogP contribution in [0.15, 0.2) is 24.7 Å². The Labute approximate surface area is 145 Å². The summed E-state index contributed by atoms with van der Waals surface area (Å²) in [5.74, 6) is 0.444. The number of carbonyl (C=O) groups excluding carboxylic acids is 2. The van der Waals surface area contributed by atoms with Gasteiger partial charge in [0, 0.05) is 31.8 Å². The minimum atomic E-state index is -0.133. The SMILES string of the molecule is CC(=O)NCc1cnc(C)nc1C1CCCN1C(=O)c1ccnnc1. The summed E-state index contributed by atoms with van der Waals surface area (Å²) in [7, 11) is 0. The lowest BCUT2D eigenvalue weighted by atomic mass is 10.1. The van der Waals surface area contributed by atoms with E-state index in [0.717, 1.165) is 24.1 Å². The third-order valence-corrected chi connectivity index (χ3v) is 4.21. The standard InChI is InChI=1S/C17H20N6O2/c1-11-18-8-14(9-19-12(2)24)16(22-11)15-4-3-7-23(15)17(25)13-5-6-20-21-10-13/h5-6,8,10,15H,3-4,7,9H2,1-2H3,(H,19,24). The molecule has 1 aliphatic heterocycles. The van der Waals surface area contributed by atoms with E-state index in [9.17, 15) is 9.59 Å². The maximum Gasteiger partial charge on any atom is 0.256 e. The molecule has 1 fully saturated rings. The molecule has 8 heteroatoms. The first-order valence-electron chi connectivity index (χ1n) is 8.21. The monoisotopic (exact) mass is 340 g/mol. The Morgan fingerprint density at radius 3 is 2.88 bits per heavy atom. The molecule has 2 aromatic heterocycles. The zero-order valence-electron chi connectivity index (χ0n) is 14.3. The van der Waals surface area contributed by atoms with Gasteiger partial charge in [0.05, 0.1) is 29.7 Å². The summed E-state index contributed by atoms with van der Waals surface area (Å²) < 4.78 is 0. The van der Waals surface area contributed by atoms with Crippen LogP contribution in [0, 0.1) is 6.92 Å². The molecule has 0 aliphatic carbocycles. The van der Waals surface area contributed by atoms with Crippen molar-refractivity contribution < 1.29 is 9.59 Å². The maximum absolute atomic E-state index is 12.8. The molecule has 0 aromatic carbocycles. The zero-order valence-corrected chi connectivity index (χ0v) is 14.3. The van der Waals surface area contributed by atoms with Crippen LogP contribution in [0.5, 0.6) is 0 Å². The van der Waals surface area contributed by atoms with Gasteiger partial charge in [-0.2, -0.15) is 10.2 Å². The molecule has 3 heterocycles. The summed E-state index contributed by atoms with van der Waals surface area (Å²) >= 11 is 0. The fourth-order valence-electron chi connectivity index (χ4n) is 3.03. The molecule has 0 radical (unpaired) electrons. The van der Waals surface area contributed by atoms with Gasteiger partial charge in [0.2, 0.25) is 5.91 Å². The number of aryl methyl sites for hydroxylation is 1. The summed E-state index contributed by atoms with van der Waals surface area (Å²) in [4.78, 5) is 34.7. The number of amides is 2. The van der Waals surface area contributed by atoms with Crippen LogP contribution >= 0.6 is 0 Å².